The van der Waals surface area contributed by atoms with Crippen LogP contribution in [0.5, 0.6) is 0 Å². The summed E-state index contributed by atoms with van der Waals surface area (Å²) in [6.07, 6.45) is 3.62. The normalized spacial score (nSPS) is 10.3. The molecule has 0 aromatic carbocycles. The van der Waals surface area contributed by atoms with E-state index in [0.29, 0.717) is 0 Å². The van der Waals surface area contributed by atoms with Gasteiger partial charge in [0.25, 0.3) is 0 Å². The Balaban J connectivity index is 2.46. The van der Waals surface area contributed by atoms with Gasteiger partial charge in [-0.3, -0.25) is 4.98 Å². The molecule has 13 heavy (non-hydrogen) atoms. The zero-order valence-electron chi connectivity index (χ0n) is 6.24. The molecule has 0 fully saturated rings. The largest absolute Gasteiger partial charge is 0.263 e. The maximum atomic E-state index is 4.10. The number of aromatic nitrogens is 3. The van der Waals surface area contributed by atoms with Crippen molar-refractivity contribution in [1.29, 1.82) is 0 Å². The molecule has 2 heterocycles. The van der Waals surface area contributed by atoms with Gasteiger partial charge in [0.05, 0.1) is 0 Å². The predicted octanol–water partition coefficient (Wildman–Crippen LogP) is 2.81. The van der Waals surface area contributed by atoms with Crippen LogP contribution in [-0.4, -0.2) is 15.2 Å². The Kier molecular flexibility index (Phi) is 3.09. The summed E-state index contributed by atoms with van der Waals surface area (Å²) < 4.78 is 2.06. The minimum atomic E-state index is 0.926. The van der Waals surface area contributed by atoms with Crippen LogP contribution in [0.15, 0.2) is 18.5 Å². The van der Waals surface area contributed by atoms with E-state index in [1.54, 1.807) is 17.5 Å². The summed E-state index contributed by atoms with van der Waals surface area (Å²) in [5.74, 6) is 0. The van der Waals surface area contributed by atoms with Gasteiger partial charge >= 0.3 is 0 Å². The third-order valence-corrected chi connectivity index (χ3v) is 3.58. The minimum absolute atomic E-state index is 0.926. The third-order valence-electron chi connectivity index (χ3n) is 1.35. The van der Waals surface area contributed by atoms with Crippen LogP contribution < -0.4 is 0 Å². The molecule has 2 aromatic rings. The molecule has 0 unspecified atom stereocenters. The van der Waals surface area contributed by atoms with Gasteiger partial charge in [-0.1, -0.05) is 11.3 Å². The maximum Gasteiger partial charge on any atom is 0.178 e. The first-order valence-electron chi connectivity index (χ1n) is 3.35. The molecular weight excluding hydrogens is 412 g/mol. The zero-order valence-corrected chi connectivity index (χ0v) is 11.4. The molecule has 0 aliphatic carbocycles. The topological polar surface area (TPSA) is 38.7 Å². The van der Waals surface area contributed by atoms with Crippen LogP contribution >= 0.6 is 56.5 Å². The lowest BCUT2D eigenvalue weighted by molar-refractivity contribution is 1.07. The van der Waals surface area contributed by atoms with E-state index in [9.17, 15) is 0 Å². The van der Waals surface area contributed by atoms with Crippen LogP contribution in [0.3, 0.4) is 0 Å². The summed E-state index contributed by atoms with van der Waals surface area (Å²) in [4.78, 5) is 4.10. The highest BCUT2D eigenvalue weighted by Gasteiger charge is 2.04. The SMILES string of the molecule is Ic1cncc(-c2nnc(I)s2)c1. The Morgan fingerprint density at radius 1 is 1.15 bits per heavy atom. The molecule has 0 amide bonds. The van der Waals surface area contributed by atoms with Crippen molar-refractivity contribution in [3.63, 3.8) is 0 Å². The van der Waals surface area contributed by atoms with E-state index in [2.05, 4.69) is 60.4 Å². The molecule has 0 N–H and O–H groups in total. The lowest BCUT2D eigenvalue weighted by Gasteiger charge is -1.93. The van der Waals surface area contributed by atoms with E-state index in [0.717, 1.165) is 17.2 Å². The summed E-state index contributed by atoms with van der Waals surface area (Å²) in [6, 6.07) is 2.05. The van der Waals surface area contributed by atoms with Crippen LogP contribution in [0.1, 0.15) is 0 Å². The number of pyridine rings is 1. The highest BCUT2D eigenvalue weighted by Crippen LogP contribution is 2.24. The summed E-state index contributed by atoms with van der Waals surface area (Å²) in [5, 5.41) is 8.92. The second-order valence-corrected chi connectivity index (χ2v) is 6.23. The molecule has 6 heteroatoms. The Labute approximate surface area is 106 Å². The first-order valence-corrected chi connectivity index (χ1v) is 6.33. The van der Waals surface area contributed by atoms with Gasteiger partial charge in [-0.15, -0.1) is 10.2 Å². The maximum absolute atomic E-state index is 4.10. The fraction of sp³-hybridized carbons (Fsp3) is 0. The summed E-state index contributed by atoms with van der Waals surface area (Å²) >= 11 is 5.96. The minimum Gasteiger partial charge on any atom is -0.263 e. The van der Waals surface area contributed by atoms with Gasteiger partial charge in [-0.25, -0.2) is 0 Å². The van der Waals surface area contributed by atoms with Crippen molar-refractivity contribution in [2.45, 2.75) is 0 Å². The third kappa shape index (κ3) is 2.34. The second-order valence-electron chi connectivity index (χ2n) is 2.25. The van der Waals surface area contributed by atoms with E-state index in [1.807, 2.05) is 12.3 Å². The van der Waals surface area contributed by atoms with Crippen LogP contribution in [0.4, 0.5) is 0 Å². The molecule has 0 radical (unpaired) electrons. The summed E-state index contributed by atoms with van der Waals surface area (Å²) in [5.41, 5.74) is 1.03. The van der Waals surface area contributed by atoms with Crippen molar-refractivity contribution in [2.75, 3.05) is 0 Å². The van der Waals surface area contributed by atoms with E-state index in [1.165, 1.54) is 0 Å². The van der Waals surface area contributed by atoms with Crippen LogP contribution in [0.25, 0.3) is 10.6 Å². The smallest absolute Gasteiger partial charge is 0.178 e. The number of halogens is 2. The molecule has 2 rings (SSSR count). The fourth-order valence-corrected chi connectivity index (χ4v) is 2.63. The molecule has 3 nitrogen and oxygen atoms in total. The highest BCUT2D eigenvalue weighted by atomic mass is 127. The molecule has 2 aromatic heterocycles. The Bertz CT molecular complexity index is 429. The molecule has 0 saturated heterocycles. The van der Waals surface area contributed by atoms with Gasteiger partial charge < -0.3 is 0 Å². The summed E-state index contributed by atoms with van der Waals surface area (Å²) in [7, 11) is 0. The number of hydrogen-bond acceptors (Lipinski definition) is 4. The Morgan fingerprint density at radius 3 is 2.62 bits per heavy atom. The Hall–Kier alpha value is 0.170. The van der Waals surface area contributed by atoms with Crippen LogP contribution in [0.2, 0.25) is 0 Å². The molecule has 0 atom stereocenters. The fourth-order valence-electron chi connectivity index (χ4n) is 0.851. The van der Waals surface area contributed by atoms with Gasteiger partial charge in [0.1, 0.15) is 5.01 Å². The van der Waals surface area contributed by atoms with Gasteiger partial charge in [0, 0.05) is 21.5 Å². The molecule has 66 valence electrons. The van der Waals surface area contributed by atoms with Crippen molar-refractivity contribution in [1.82, 2.24) is 15.2 Å². The van der Waals surface area contributed by atoms with Gasteiger partial charge in [0.15, 0.2) is 3.01 Å². The molecule has 0 aliphatic heterocycles. The first-order chi connectivity index (χ1) is 6.25. The standard InChI is InChI=1S/C7H3I2N3S/c8-5-1-4(2-10-3-5)6-11-12-7(9)13-6/h1-3H. The molecule has 0 saturated carbocycles. The summed E-state index contributed by atoms with van der Waals surface area (Å²) in [6.45, 7) is 0. The van der Waals surface area contributed by atoms with E-state index in [-0.39, 0.29) is 0 Å². The quantitative estimate of drug-likeness (QED) is 0.673. The average Bonchev–Trinajstić information content (AvgIpc) is 2.52. The van der Waals surface area contributed by atoms with Gasteiger partial charge in [-0.2, -0.15) is 0 Å². The predicted molar refractivity (Wildman–Crippen MR) is 68.6 cm³/mol. The van der Waals surface area contributed by atoms with Crippen LogP contribution in [0, 0.1) is 6.58 Å². The lowest BCUT2D eigenvalue weighted by atomic mass is 10.3. The lowest BCUT2D eigenvalue weighted by Crippen LogP contribution is -1.80. The molecule has 0 aliphatic rings. The molecule has 0 spiro atoms. The average molecular weight is 415 g/mol. The number of hydrogen-bond donors (Lipinski definition) is 0. The monoisotopic (exact) mass is 415 g/mol. The molecule has 0 bridgehead atoms. The first kappa shape index (κ1) is 9.71. The zero-order chi connectivity index (χ0) is 9.26. The van der Waals surface area contributed by atoms with Crippen molar-refractivity contribution in [3.8, 4) is 10.6 Å². The van der Waals surface area contributed by atoms with Crippen molar-refractivity contribution >= 4 is 56.5 Å². The highest BCUT2D eigenvalue weighted by molar-refractivity contribution is 14.1. The van der Waals surface area contributed by atoms with E-state index < -0.39 is 0 Å². The number of nitrogens with zero attached hydrogens (tertiary/aromatic N) is 3. The van der Waals surface area contributed by atoms with Crippen molar-refractivity contribution in [3.05, 3.63) is 25.0 Å². The second kappa shape index (κ2) is 4.13. The van der Waals surface area contributed by atoms with E-state index in [4.69, 9.17) is 0 Å². The number of rotatable bonds is 1. The van der Waals surface area contributed by atoms with Gasteiger partial charge in [0.2, 0.25) is 0 Å². The van der Waals surface area contributed by atoms with Crippen LogP contribution in [-0.2, 0) is 0 Å². The van der Waals surface area contributed by atoms with Gasteiger partial charge in [-0.05, 0) is 51.2 Å². The molecular formula is C7H3I2N3S. The van der Waals surface area contributed by atoms with E-state index >= 15 is 0 Å². The van der Waals surface area contributed by atoms with Crippen molar-refractivity contribution in [2.24, 2.45) is 0 Å². The Morgan fingerprint density at radius 2 is 2.00 bits per heavy atom. The van der Waals surface area contributed by atoms with Crippen molar-refractivity contribution < 1.29 is 0 Å².